The van der Waals surface area contributed by atoms with Crippen LogP contribution in [0.5, 0.6) is 0 Å². The Kier molecular flexibility index (Phi) is 6.03. The van der Waals surface area contributed by atoms with Crippen molar-refractivity contribution in [2.24, 2.45) is 0 Å². The van der Waals surface area contributed by atoms with Crippen LogP contribution < -0.4 is 10.9 Å². The molecule has 7 heteroatoms. The van der Waals surface area contributed by atoms with Crippen molar-refractivity contribution >= 4 is 35.0 Å². The Bertz CT molecular complexity index is 718. The fourth-order valence-electron chi connectivity index (χ4n) is 1.82. The predicted molar refractivity (Wildman–Crippen MR) is 89.7 cm³/mol. The molecule has 0 atom stereocenters. The number of thioether (sulfide) groups is 1. The number of para-hydroxylation sites is 1. The third kappa shape index (κ3) is 4.89. The van der Waals surface area contributed by atoms with Crippen molar-refractivity contribution < 1.29 is 4.79 Å². The minimum atomic E-state index is -0.207. The van der Waals surface area contributed by atoms with Gasteiger partial charge in [0.1, 0.15) is 0 Å². The van der Waals surface area contributed by atoms with Gasteiger partial charge in [0.2, 0.25) is 5.91 Å². The first-order valence-corrected chi connectivity index (χ1v) is 8.22. The third-order valence-electron chi connectivity index (χ3n) is 2.77. The molecule has 0 bridgehead atoms. The molecular formula is C15H16ClN3O2S. The van der Waals surface area contributed by atoms with E-state index >= 15 is 0 Å². The van der Waals surface area contributed by atoms with E-state index in [4.69, 9.17) is 11.6 Å². The minimum absolute atomic E-state index is 0.143. The number of benzene rings is 1. The number of aromatic amines is 1. The van der Waals surface area contributed by atoms with Crippen LogP contribution in [0.2, 0.25) is 5.02 Å². The molecule has 1 aromatic heterocycles. The van der Waals surface area contributed by atoms with Crippen LogP contribution in [0.1, 0.15) is 19.0 Å². The summed E-state index contributed by atoms with van der Waals surface area (Å²) in [5, 5.41) is 3.66. The summed E-state index contributed by atoms with van der Waals surface area (Å²) in [5.74, 6) is -0.0642. The van der Waals surface area contributed by atoms with Crippen LogP contribution in [0.15, 0.2) is 40.3 Å². The molecule has 1 amide bonds. The molecule has 5 nitrogen and oxygen atoms in total. The fourth-order valence-corrected chi connectivity index (χ4v) is 2.70. The Morgan fingerprint density at radius 3 is 2.91 bits per heavy atom. The van der Waals surface area contributed by atoms with Gasteiger partial charge in [-0.2, -0.15) is 0 Å². The number of carbonyl (C=O) groups excluding carboxylic acids is 1. The molecule has 0 saturated carbocycles. The SMILES string of the molecule is CCCc1cc(=O)[nH]c(SCC(=O)Nc2ccccc2Cl)n1. The smallest absolute Gasteiger partial charge is 0.251 e. The number of halogens is 1. The topological polar surface area (TPSA) is 74.8 Å². The molecule has 2 rings (SSSR count). The van der Waals surface area contributed by atoms with Gasteiger partial charge >= 0.3 is 0 Å². The van der Waals surface area contributed by atoms with Crippen molar-refractivity contribution in [3.63, 3.8) is 0 Å². The van der Waals surface area contributed by atoms with Gasteiger partial charge in [-0.1, -0.05) is 48.8 Å². The third-order valence-corrected chi connectivity index (χ3v) is 3.97. The van der Waals surface area contributed by atoms with Crippen LogP contribution in [0, 0.1) is 0 Å². The van der Waals surface area contributed by atoms with Crippen LogP contribution in [0.3, 0.4) is 0 Å². The molecule has 0 fully saturated rings. The zero-order chi connectivity index (χ0) is 15.9. The van der Waals surface area contributed by atoms with Crippen molar-refractivity contribution in [3.05, 3.63) is 51.4 Å². The summed E-state index contributed by atoms with van der Waals surface area (Å²) in [6.07, 6.45) is 1.65. The molecule has 0 radical (unpaired) electrons. The lowest BCUT2D eigenvalue weighted by Gasteiger charge is -2.07. The maximum atomic E-state index is 11.9. The molecule has 0 aliphatic rings. The van der Waals surface area contributed by atoms with E-state index in [2.05, 4.69) is 15.3 Å². The summed E-state index contributed by atoms with van der Waals surface area (Å²) in [6.45, 7) is 2.02. The number of nitrogens with zero attached hydrogens (tertiary/aromatic N) is 1. The number of aromatic nitrogens is 2. The van der Waals surface area contributed by atoms with Gasteiger partial charge in [0.05, 0.1) is 16.5 Å². The first kappa shape index (κ1) is 16.6. The summed E-state index contributed by atoms with van der Waals surface area (Å²) in [4.78, 5) is 30.4. The Balaban J connectivity index is 1.96. The first-order valence-electron chi connectivity index (χ1n) is 6.86. The molecule has 0 spiro atoms. The number of hydrogen-bond acceptors (Lipinski definition) is 4. The molecule has 1 aromatic carbocycles. The Labute approximate surface area is 137 Å². The van der Waals surface area contributed by atoms with E-state index in [9.17, 15) is 9.59 Å². The van der Waals surface area contributed by atoms with Gasteiger partial charge in [0, 0.05) is 11.8 Å². The maximum absolute atomic E-state index is 11.9. The lowest BCUT2D eigenvalue weighted by atomic mass is 10.2. The number of carbonyl (C=O) groups is 1. The van der Waals surface area contributed by atoms with Crippen molar-refractivity contribution in [2.75, 3.05) is 11.1 Å². The molecule has 0 aliphatic carbocycles. The molecule has 2 aromatic rings. The summed E-state index contributed by atoms with van der Waals surface area (Å²) >= 11 is 7.17. The lowest BCUT2D eigenvalue weighted by molar-refractivity contribution is -0.113. The minimum Gasteiger partial charge on any atom is -0.324 e. The largest absolute Gasteiger partial charge is 0.324 e. The van der Waals surface area contributed by atoms with E-state index in [1.54, 1.807) is 24.3 Å². The predicted octanol–water partition coefficient (Wildman–Crippen LogP) is 3.11. The summed E-state index contributed by atoms with van der Waals surface area (Å²) < 4.78 is 0. The van der Waals surface area contributed by atoms with E-state index in [-0.39, 0.29) is 17.2 Å². The van der Waals surface area contributed by atoms with Crippen LogP contribution in [0.4, 0.5) is 5.69 Å². The molecule has 2 N–H and O–H groups in total. The molecule has 0 unspecified atom stereocenters. The van der Waals surface area contributed by atoms with E-state index in [1.165, 1.54) is 17.8 Å². The number of amides is 1. The number of H-pyrrole nitrogens is 1. The van der Waals surface area contributed by atoms with Gasteiger partial charge in [-0.25, -0.2) is 4.98 Å². The number of hydrogen-bond donors (Lipinski definition) is 2. The van der Waals surface area contributed by atoms with Gasteiger partial charge in [-0.15, -0.1) is 0 Å². The molecular weight excluding hydrogens is 322 g/mol. The number of rotatable bonds is 6. The Hall–Kier alpha value is -1.79. The van der Waals surface area contributed by atoms with Gasteiger partial charge in [-0.05, 0) is 18.6 Å². The lowest BCUT2D eigenvalue weighted by Crippen LogP contribution is -2.16. The zero-order valence-electron chi connectivity index (χ0n) is 12.1. The molecule has 22 heavy (non-hydrogen) atoms. The quantitative estimate of drug-likeness (QED) is 0.627. The average molecular weight is 338 g/mol. The van der Waals surface area contributed by atoms with Crippen LogP contribution >= 0.6 is 23.4 Å². The summed E-state index contributed by atoms with van der Waals surface area (Å²) in [5.41, 5.74) is 1.10. The average Bonchev–Trinajstić information content (AvgIpc) is 2.47. The van der Waals surface area contributed by atoms with Crippen LogP contribution in [0.25, 0.3) is 0 Å². The van der Waals surface area contributed by atoms with Gasteiger partial charge in [0.15, 0.2) is 5.16 Å². The summed E-state index contributed by atoms with van der Waals surface area (Å²) in [6, 6.07) is 8.50. The Morgan fingerprint density at radius 1 is 1.41 bits per heavy atom. The second-order valence-electron chi connectivity index (χ2n) is 4.61. The van der Waals surface area contributed by atoms with Gasteiger partial charge < -0.3 is 10.3 Å². The number of anilines is 1. The first-order chi connectivity index (χ1) is 10.6. The standard InChI is InChI=1S/C15H16ClN3O2S/c1-2-5-10-8-13(20)19-15(17-10)22-9-14(21)18-12-7-4-3-6-11(12)16/h3-4,6-8H,2,5,9H2,1H3,(H,18,21)(H,17,19,20). The highest BCUT2D eigenvalue weighted by Gasteiger charge is 2.08. The molecule has 0 aliphatic heterocycles. The van der Waals surface area contributed by atoms with Crippen LogP contribution in [-0.4, -0.2) is 21.6 Å². The van der Waals surface area contributed by atoms with E-state index < -0.39 is 0 Å². The monoisotopic (exact) mass is 337 g/mol. The second kappa shape index (κ2) is 8.00. The van der Waals surface area contributed by atoms with Crippen molar-refractivity contribution in [2.45, 2.75) is 24.9 Å². The normalized spacial score (nSPS) is 10.5. The Morgan fingerprint density at radius 2 is 2.18 bits per heavy atom. The molecule has 0 saturated heterocycles. The van der Waals surface area contributed by atoms with Crippen molar-refractivity contribution in [3.8, 4) is 0 Å². The van der Waals surface area contributed by atoms with E-state index in [0.29, 0.717) is 15.9 Å². The maximum Gasteiger partial charge on any atom is 0.251 e. The van der Waals surface area contributed by atoms with Crippen molar-refractivity contribution in [1.29, 1.82) is 0 Å². The van der Waals surface area contributed by atoms with Crippen LogP contribution in [-0.2, 0) is 11.2 Å². The highest BCUT2D eigenvalue weighted by Crippen LogP contribution is 2.21. The summed E-state index contributed by atoms with van der Waals surface area (Å²) in [7, 11) is 0. The molecule has 1 heterocycles. The van der Waals surface area contributed by atoms with Gasteiger partial charge in [-0.3, -0.25) is 9.59 Å². The highest BCUT2D eigenvalue weighted by molar-refractivity contribution is 7.99. The van der Waals surface area contributed by atoms with E-state index in [1.807, 2.05) is 6.92 Å². The second-order valence-corrected chi connectivity index (χ2v) is 5.98. The van der Waals surface area contributed by atoms with E-state index in [0.717, 1.165) is 18.5 Å². The number of aryl methyl sites for hydroxylation is 1. The molecule has 116 valence electrons. The van der Waals surface area contributed by atoms with Gasteiger partial charge in [0.25, 0.3) is 5.56 Å². The fraction of sp³-hybridized carbons (Fsp3) is 0.267. The van der Waals surface area contributed by atoms with Crippen molar-refractivity contribution in [1.82, 2.24) is 9.97 Å². The highest BCUT2D eigenvalue weighted by atomic mass is 35.5. The number of nitrogens with one attached hydrogen (secondary N) is 2. The zero-order valence-corrected chi connectivity index (χ0v) is 13.6.